The summed E-state index contributed by atoms with van der Waals surface area (Å²) in [5.41, 5.74) is -0.832. The third kappa shape index (κ3) is 2.44. The number of alkyl halides is 4. The van der Waals surface area contributed by atoms with E-state index in [0.29, 0.717) is 18.6 Å². The predicted molar refractivity (Wildman–Crippen MR) is 57.1 cm³/mol. The zero-order valence-electron chi connectivity index (χ0n) is 9.46. The van der Waals surface area contributed by atoms with E-state index in [9.17, 15) is 26.0 Å². The third-order valence-corrected chi connectivity index (χ3v) is 3.57. The Morgan fingerprint density at radius 2 is 1.72 bits per heavy atom. The van der Waals surface area contributed by atoms with Gasteiger partial charge in [-0.25, -0.2) is 0 Å². The summed E-state index contributed by atoms with van der Waals surface area (Å²) in [5.74, 6) is -9.54. The zero-order valence-corrected chi connectivity index (χ0v) is 10.3. The van der Waals surface area contributed by atoms with Gasteiger partial charge in [0.15, 0.2) is 0 Å². The highest BCUT2D eigenvalue weighted by Gasteiger charge is 2.64. The molecule has 0 aromatic rings. The average molecular weight is 288 g/mol. The fourth-order valence-corrected chi connectivity index (χ4v) is 2.29. The predicted octanol–water partition coefficient (Wildman–Crippen LogP) is 3.16. The van der Waals surface area contributed by atoms with Gasteiger partial charge < -0.3 is 0 Å². The summed E-state index contributed by atoms with van der Waals surface area (Å²) in [7, 11) is -5.36. The minimum atomic E-state index is -5.36. The quantitative estimate of drug-likeness (QED) is 0.638. The SMILES string of the molecule is CCCCC1=CC=C(S(=O)(=O)O)C(F)(F)C1(F)F. The molecule has 8 heteroatoms. The Labute approximate surface area is 102 Å². The Kier molecular flexibility index (Phi) is 3.92. The summed E-state index contributed by atoms with van der Waals surface area (Å²) in [6.45, 7) is 1.71. The van der Waals surface area contributed by atoms with Gasteiger partial charge >= 0.3 is 11.8 Å². The molecule has 1 N–H and O–H groups in total. The molecule has 0 radical (unpaired) electrons. The molecule has 0 amide bonds. The van der Waals surface area contributed by atoms with Gasteiger partial charge in [-0.15, -0.1) is 0 Å². The van der Waals surface area contributed by atoms with Gasteiger partial charge in [0.25, 0.3) is 10.1 Å². The standard InChI is InChI=1S/C10H12F4O3S/c1-2-3-4-7-5-6-8(18(15,16)17)10(13,14)9(7,11)12/h5-6H,2-4H2,1H3,(H,15,16,17). The summed E-state index contributed by atoms with van der Waals surface area (Å²) in [6.07, 6.45) is 1.53. The lowest BCUT2D eigenvalue weighted by molar-refractivity contribution is -0.160. The Morgan fingerprint density at radius 1 is 1.17 bits per heavy atom. The van der Waals surface area contributed by atoms with Crippen LogP contribution in [0.2, 0.25) is 0 Å². The summed E-state index contributed by atoms with van der Waals surface area (Å²) < 4.78 is 83.7. The molecule has 18 heavy (non-hydrogen) atoms. The highest BCUT2D eigenvalue weighted by Crippen LogP contribution is 2.49. The lowest BCUT2D eigenvalue weighted by Gasteiger charge is -2.31. The molecule has 1 rings (SSSR count). The van der Waals surface area contributed by atoms with E-state index in [1.165, 1.54) is 0 Å². The number of hydrogen-bond acceptors (Lipinski definition) is 2. The molecule has 0 saturated carbocycles. The molecule has 0 heterocycles. The minimum absolute atomic E-state index is 0.256. The van der Waals surface area contributed by atoms with E-state index < -0.39 is 32.4 Å². The molecule has 0 saturated heterocycles. The van der Waals surface area contributed by atoms with Crippen LogP contribution in [0.15, 0.2) is 22.6 Å². The fraction of sp³-hybridized carbons (Fsp3) is 0.600. The van der Waals surface area contributed by atoms with Gasteiger partial charge in [-0.1, -0.05) is 19.4 Å². The van der Waals surface area contributed by atoms with Gasteiger partial charge in [-0.05, 0) is 18.9 Å². The molecule has 0 fully saturated rings. The van der Waals surface area contributed by atoms with Crippen LogP contribution in [-0.4, -0.2) is 24.8 Å². The first kappa shape index (κ1) is 15.2. The molecule has 0 bridgehead atoms. The van der Waals surface area contributed by atoms with E-state index in [1.54, 1.807) is 6.92 Å². The molecule has 0 aromatic heterocycles. The van der Waals surface area contributed by atoms with Gasteiger partial charge in [0, 0.05) is 5.57 Å². The van der Waals surface area contributed by atoms with Crippen LogP contribution in [-0.2, 0) is 10.1 Å². The van der Waals surface area contributed by atoms with Crippen molar-refractivity contribution in [2.24, 2.45) is 0 Å². The second kappa shape index (κ2) is 4.65. The maximum absolute atomic E-state index is 13.5. The van der Waals surface area contributed by atoms with Crippen LogP contribution >= 0.6 is 0 Å². The van der Waals surface area contributed by atoms with E-state index in [4.69, 9.17) is 4.55 Å². The van der Waals surface area contributed by atoms with Gasteiger partial charge in [0.2, 0.25) is 0 Å². The van der Waals surface area contributed by atoms with E-state index in [0.717, 1.165) is 0 Å². The largest absolute Gasteiger partial charge is 0.352 e. The van der Waals surface area contributed by atoms with Crippen molar-refractivity contribution in [3.05, 3.63) is 22.6 Å². The van der Waals surface area contributed by atoms with Crippen LogP contribution in [0.1, 0.15) is 26.2 Å². The van der Waals surface area contributed by atoms with Crippen molar-refractivity contribution in [2.75, 3.05) is 0 Å². The molecule has 104 valence electrons. The van der Waals surface area contributed by atoms with E-state index >= 15 is 0 Å². The highest BCUT2D eigenvalue weighted by molar-refractivity contribution is 7.89. The lowest BCUT2D eigenvalue weighted by Crippen LogP contribution is -2.47. The second-order valence-corrected chi connectivity index (χ2v) is 5.34. The van der Waals surface area contributed by atoms with Crippen molar-refractivity contribution < 1.29 is 30.5 Å². The second-order valence-electron chi connectivity index (χ2n) is 3.95. The van der Waals surface area contributed by atoms with Gasteiger partial charge in [-0.2, -0.15) is 26.0 Å². The van der Waals surface area contributed by atoms with E-state index in [1.807, 2.05) is 0 Å². The van der Waals surface area contributed by atoms with Crippen molar-refractivity contribution in [1.82, 2.24) is 0 Å². The summed E-state index contributed by atoms with van der Waals surface area (Å²) in [5, 5.41) is 0. The normalized spacial score (nSPS) is 22.3. The maximum Gasteiger partial charge on any atom is 0.352 e. The zero-order chi connectivity index (χ0) is 14.2. The molecule has 0 spiro atoms. The molecule has 0 aliphatic heterocycles. The van der Waals surface area contributed by atoms with Crippen LogP contribution in [0, 0.1) is 0 Å². The van der Waals surface area contributed by atoms with Crippen molar-refractivity contribution in [2.45, 2.75) is 38.0 Å². The summed E-state index contributed by atoms with van der Waals surface area (Å²) in [6, 6.07) is 0. The summed E-state index contributed by atoms with van der Waals surface area (Å²) >= 11 is 0. The first-order valence-electron chi connectivity index (χ1n) is 5.20. The van der Waals surface area contributed by atoms with Crippen molar-refractivity contribution >= 4 is 10.1 Å². The van der Waals surface area contributed by atoms with E-state index in [2.05, 4.69) is 0 Å². The van der Waals surface area contributed by atoms with Crippen molar-refractivity contribution in [1.29, 1.82) is 0 Å². The highest BCUT2D eigenvalue weighted by atomic mass is 32.2. The molecule has 1 aliphatic rings. The summed E-state index contributed by atoms with van der Waals surface area (Å²) in [4.78, 5) is -1.97. The Bertz CT molecular complexity index is 491. The Morgan fingerprint density at radius 3 is 2.17 bits per heavy atom. The smallest absolute Gasteiger partial charge is 0.282 e. The molecular weight excluding hydrogens is 276 g/mol. The number of allylic oxidation sites excluding steroid dienone is 4. The van der Waals surface area contributed by atoms with Crippen LogP contribution in [0.3, 0.4) is 0 Å². The van der Waals surface area contributed by atoms with Gasteiger partial charge in [0.05, 0.1) is 0 Å². The Balaban J connectivity index is 3.29. The van der Waals surface area contributed by atoms with Crippen LogP contribution in [0.25, 0.3) is 0 Å². The molecule has 0 unspecified atom stereocenters. The van der Waals surface area contributed by atoms with Gasteiger partial charge in [-0.3, -0.25) is 4.55 Å². The van der Waals surface area contributed by atoms with Crippen LogP contribution < -0.4 is 0 Å². The van der Waals surface area contributed by atoms with E-state index in [-0.39, 0.29) is 12.8 Å². The first-order valence-corrected chi connectivity index (χ1v) is 6.64. The Hall–Kier alpha value is -0.890. The maximum atomic E-state index is 13.5. The topological polar surface area (TPSA) is 54.4 Å². The van der Waals surface area contributed by atoms with Crippen LogP contribution in [0.4, 0.5) is 17.6 Å². The van der Waals surface area contributed by atoms with Crippen molar-refractivity contribution in [3.8, 4) is 0 Å². The molecule has 0 aromatic carbocycles. The first-order chi connectivity index (χ1) is 8.05. The number of unbranched alkanes of at least 4 members (excludes halogenated alkanes) is 1. The minimum Gasteiger partial charge on any atom is -0.282 e. The van der Waals surface area contributed by atoms with Gasteiger partial charge in [0.1, 0.15) is 4.91 Å². The third-order valence-electron chi connectivity index (χ3n) is 2.62. The average Bonchev–Trinajstić information content (AvgIpc) is 2.18. The number of rotatable bonds is 4. The lowest BCUT2D eigenvalue weighted by atomic mass is 9.93. The monoisotopic (exact) mass is 288 g/mol. The fourth-order valence-electron chi connectivity index (χ4n) is 1.60. The molecule has 3 nitrogen and oxygen atoms in total. The van der Waals surface area contributed by atoms with Crippen LogP contribution in [0.5, 0.6) is 0 Å². The number of hydrogen-bond donors (Lipinski definition) is 1. The van der Waals surface area contributed by atoms with Crippen molar-refractivity contribution in [3.63, 3.8) is 0 Å². The number of halogens is 4. The molecule has 0 atom stereocenters. The molecule has 1 aliphatic carbocycles. The molecular formula is C10H12F4O3S.